The van der Waals surface area contributed by atoms with Gasteiger partial charge in [-0.25, -0.2) is 14.6 Å². The molecule has 0 unspecified atom stereocenters. The topological polar surface area (TPSA) is 122 Å². The van der Waals surface area contributed by atoms with Crippen molar-refractivity contribution in [2.45, 2.75) is 38.3 Å². The number of nitrogens with zero attached hydrogens (tertiary/aromatic N) is 5. The van der Waals surface area contributed by atoms with Gasteiger partial charge in [0.2, 0.25) is 17.0 Å². The highest BCUT2D eigenvalue weighted by Gasteiger charge is 2.29. The van der Waals surface area contributed by atoms with Crippen molar-refractivity contribution in [3.8, 4) is 11.6 Å². The summed E-state index contributed by atoms with van der Waals surface area (Å²) in [7, 11) is 0. The first kappa shape index (κ1) is 27.1. The summed E-state index contributed by atoms with van der Waals surface area (Å²) in [6.07, 6.45) is 6.05. The summed E-state index contributed by atoms with van der Waals surface area (Å²) < 4.78 is 7.49. The lowest BCUT2D eigenvalue weighted by Crippen LogP contribution is -2.34. The highest BCUT2D eigenvalue weighted by molar-refractivity contribution is 6.31. The maximum atomic E-state index is 13.2. The summed E-state index contributed by atoms with van der Waals surface area (Å²) in [5.41, 5.74) is -0.0770. The van der Waals surface area contributed by atoms with Crippen molar-refractivity contribution in [3.63, 3.8) is 0 Å². The average Bonchev–Trinajstić information content (AvgIpc) is 3.40. The number of rotatable bonds is 7. The molecular formula is C29H26ClN5O5. The number of aromatic nitrogens is 3. The minimum atomic E-state index is -1.37. The van der Waals surface area contributed by atoms with Gasteiger partial charge in [0, 0.05) is 30.0 Å². The third-order valence-electron chi connectivity index (χ3n) is 6.93. The maximum absolute atomic E-state index is 13.2. The first-order valence-corrected chi connectivity index (χ1v) is 13.0. The Hall–Kier alpha value is -4.46. The van der Waals surface area contributed by atoms with E-state index in [1.54, 1.807) is 54.9 Å². The normalized spacial score (nSPS) is 15.3. The second-order valence-corrected chi connectivity index (χ2v) is 10.5. The van der Waals surface area contributed by atoms with Gasteiger partial charge >= 0.3 is 5.97 Å². The van der Waals surface area contributed by atoms with E-state index in [1.165, 1.54) is 18.5 Å². The number of ether oxygens (including phenoxy) is 1. The molecule has 1 aromatic carbocycles. The van der Waals surface area contributed by atoms with Gasteiger partial charge in [-0.1, -0.05) is 11.6 Å². The lowest BCUT2D eigenvalue weighted by atomic mass is 10.0. The van der Waals surface area contributed by atoms with E-state index >= 15 is 0 Å². The van der Waals surface area contributed by atoms with Gasteiger partial charge in [0.15, 0.2) is 0 Å². The fourth-order valence-corrected chi connectivity index (χ4v) is 5.08. The molecule has 1 fully saturated rings. The Bertz CT molecular complexity index is 1710. The van der Waals surface area contributed by atoms with E-state index in [4.69, 9.17) is 22.9 Å². The second kappa shape index (κ2) is 10.6. The van der Waals surface area contributed by atoms with Crippen molar-refractivity contribution in [1.82, 2.24) is 14.5 Å². The van der Waals surface area contributed by atoms with Crippen LogP contribution < -0.4 is 15.1 Å². The largest absolute Gasteiger partial charge is 0.477 e. The first-order valence-electron chi connectivity index (χ1n) is 12.6. The zero-order valence-corrected chi connectivity index (χ0v) is 22.6. The van der Waals surface area contributed by atoms with Crippen LogP contribution in [0, 0.1) is 6.57 Å². The molecule has 1 aliphatic heterocycles. The highest BCUT2D eigenvalue weighted by Crippen LogP contribution is 2.38. The van der Waals surface area contributed by atoms with E-state index in [2.05, 4.69) is 19.7 Å². The monoisotopic (exact) mass is 559 g/mol. The number of hydrogen-bond donors (Lipinski definition) is 2. The van der Waals surface area contributed by atoms with Gasteiger partial charge in [0.25, 0.3) is 0 Å². The molecule has 3 aromatic heterocycles. The summed E-state index contributed by atoms with van der Waals surface area (Å²) in [5, 5.41) is 20.6. The Labute approximate surface area is 234 Å². The van der Waals surface area contributed by atoms with E-state index in [0.29, 0.717) is 46.6 Å². The van der Waals surface area contributed by atoms with Crippen LogP contribution in [-0.4, -0.2) is 49.9 Å². The Morgan fingerprint density at radius 1 is 1.27 bits per heavy atom. The number of carboxylic acids is 1. The quantitative estimate of drug-likeness (QED) is 0.305. The van der Waals surface area contributed by atoms with Crippen molar-refractivity contribution in [2.24, 2.45) is 0 Å². The number of carboxylic acid groups (broad SMARTS) is 1. The Morgan fingerprint density at radius 2 is 2.08 bits per heavy atom. The SMILES string of the molecule is [C-]#[N+]c1cc2c(=O)c(C(=O)O)cn(-c3ccc(C(C)(C)O)nc3)c2cc1N1CCC[C@@H]1COc1ncccc1Cl. The van der Waals surface area contributed by atoms with Crippen LogP contribution >= 0.6 is 11.6 Å². The Balaban J connectivity index is 1.63. The minimum Gasteiger partial charge on any atom is -0.477 e. The summed E-state index contributed by atoms with van der Waals surface area (Å²) in [5.74, 6) is -1.04. The minimum absolute atomic E-state index is 0.0813. The van der Waals surface area contributed by atoms with Gasteiger partial charge < -0.3 is 24.4 Å². The van der Waals surface area contributed by atoms with E-state index in [-0.39, 0.29) is 17.1 Å². The zero-order valence-electron chi connectivity index (χ0n) is 21.8. The van der Waals surface area contributed by atoms with Crippen molar-refractivity contribution in [3.05, 3.63) is 92.9 Å². The Kier molecular flexibility index (Phi) is 7.19. The summed E-state index contributed by atoms with van der Waals surface area (Å²) in [4.78, 5) is 39.4. The van der Waals surface area contributed by atoms with Crippen molar-refractivity contribution in [2.75, 3.05) is 18.1 Å². The van der Waals surface area contributed by atoms with Gasteiger partial charge in [-0.05, 0) is 63.1 Å². The van der Waals surface area contributed by atoms with Crippen LogP contribution in [0.3, 0.4) is 0 Å². The lowest BCUT2D eigenvalue weighted by molar-refractivity contribution is 0.0694. The van der Waals surface area contributed by atoms with Crippen molar-refractivity contribution in [1.29, 1.82) is 0 Å². The van der Waals surface area contributed by atoms with Crippen LogP contribution in [0.25, 0.3) is 21.4 Å². The zero-order chi connectivity index (χ0) is 28.6. The second-order valence-electron chi connectivity index (χ2n) is 10.1. The van der Waals surface area contributed by atoms with Gasteiger partial charge in [-0.2, -0.15) is 0 Å². The molecule has 0 bridgehead atoms. The molecule has 10 nitrogen and oxygen atoms in total. The fourth-order valence-electron chi connectivity index (χ4n) is 4.90. The smallest absolute Gasteiger partial charge is 0.341 e. The van der Waals surface area contributed by atoms with Crippen LogP contribution in [0.1, 0.15) is 42.7 Å². The number of pyridine rings is 3. The van der Waals surface area contributed by atoms with Crippen LogP contribution in [0.2, 0.25) is 5.02 Å². The molecule has 0 aliphatic carbocycles. The molecule has 4 heterocycles. The highest BCUT2D eigenvalue weighted by atomic mass is 35.5. The van der Waals surface area contributed by atoms with Gasteiger partial charge in [-0.15, -0.1) is 0 Å². The number of hydrogen-bond acceptors (Lipinski definition) is 7. The molecule has 40 heavy (non-hydrogen) atoms. The maximum Gasteiger partial charge on any atom is 0.341 e. The number of carbonyl (C=O) groups is 1. The molecule has 0 amide bonds. The van der Waals surface area contributed by atoms with Gasteiger partial charge in [-0.3, -0.25) is 9.78 Å². The third kappa shape index (κ3) is 5.09. The van der Waals surface area contributed by atoms with Crippen LogP contribution in [0.5, 0.6) is 5.88 Å². The van der Waals surface area contributed by atoms with Gasteiger partial charge in [0.05, 0.1) is 35.7 Å². The molecule has 0 saturated carbocycles. The van der Waals surface area contributed by atoms with Gasteiger partial charge in [0.1, 0.15) is 22.8 Å². The predicted octanol–water partition coefficient (Wildman–Crippen LogP) is 4.96. The molecule has 0 radical (unpaired) electrons. The molecule has 204 valence electrons. The van der Waals surface area contributed by atoms with Crippen LogP contribution in [0.4, 0.5) is 11.4 Å². The van der Waals surface area contributed by atoms with Crippen LogP contribution in [-0.2, 0) is 5.60 Å². The van der Waals surface area contributed by atoms with Crippen LogP contribution in [0.15, 0.2) is 59.8 Å². The molecule has 1 aliphatic rings. The van der Waals surface area contributed by atoms with E-state index < -0.39 is 22.6 Å². The number of fused-ring (bicyclic) bond motifs is 1. The predicted molar refractivity (Wildman–Crippen MR) is 151 cm³/mol. The summed E-state index contributed by atoms with van der Waals surface area (Å²) >= 11 is 6.20. The molecule has 2 N–H and O–H groups in total. The molecule has 1 saturated heterocycles. The molecule has 5 rings (SSSR count). The fraction of sp³-hybridized carbons (Fsp3) is 0.276. The first-order chi connectivity index (χ1) is 19.1. The molecule has 4 aromatic rings. The van der Waals surface area contributed by atoms with Crippen molar-refractivity contribution >= 4 is 39.8 Å². The van der Waals surface area contributed by atoms with E-state index in [0.717, 1.165) is 12.8 Å². The molecular weight excluding hydrogens is 534 g/mol. The average molecular weight is 560 g/mol. The third-order valence-corrected chi connectivity index (χ3v) is 7.21. The van der Waals surface area contributed by atoms with E-state index in [9.17, 15) is 19.8 Å². The number of benzene rings is 1. The number of aliphatic hydroxyl groups is 1. The number of anilines is 1. The lowest BCUT2D eigenvalue weighted by Gasteiger charge is -2.28. The molecule has 0 spiro atoms. The van der Waals surface area contributed by atoms with E-state index in [1.807, 2.05) is 0 Å². The summed E-state index contributed by atoms with van der Waals surface area (Å²) in [6, 6.07) is 9.87. The Morgan fingerprint density at radius 3 is 2.73 bits per heavy atom. The standard InChI is InChI=1S/C29H26ClN5O5/c1-29(2,39)25-9-8-17(14-33-25)35-15-20(28(37)38)26(36)19-12-22(31-3)24(13-23(19)35)34-11-5-6-18(34)16-40-27-21(30)7-4-10-32-27/h4,7-10,12-15,18,39H,5-6,11,16H2,1-2H3,(H,37,38)/t18-/m1/s1. The molecule has 11 heteroatoms. The number of aromatic carboxylic acids is 1. The van der Waals surface area contributed by atoms with Crippen molar-refractivity contribution < 1.29 is 19.7 Å². The summed E-state index contributed by atoms with van der Waals surface area (Å²) in [6.45, 7) is 12.0. The number of halogens is 1. The molecule has 1 atom stereocenters.